The fourth-order valence-corrected chi connectivity index (χ4v) is 5.51. The van der Waals surface area contributed by atoms with Crippen molar-refractivity contribution in [3.8, 4) is 0 Å². The molecule has 5 aromatic carbocycles. The molecule has 0 aromatic heterocycles. The third-order valence-electron chi connectivity index (χ3n) is 7.95. The van der Waals surface area contributed by atoms with Gasteiger partial charge in [-0.3, -0.25) is 0 Å². The van der Waals surface area contributed by atoms with Crippen LogP contribution in [0.2, 0.25) is 0 Å². The number of rotatable bonds is 12. The van der Waals surface area contributed by atoms with Gasteiger partial charge in [0.05, 0.1) is 0 Å². The van der Waals surface area contributed by atoms with E-state index in [2.05, 4.69) is 97.9 Å². The van der Waals surface area contributed by atoms with Crippen LogP contribution in [0.1, 0.15) is 76.3 Å². The van der Waals surface area contributed by atoms with Crippen molar-refractivity contribution in [2.75, 3.05) is 11.5 Å². The third kappa shape index (κ3) is 8.35. The topological polar surface area (TPSA) is 52.0 Å². The number of hydrogen-bond acceptors (Lipinski definition) is 2. The maximum absolute atomic E-state index is 5.88. The predicted molar refractivity (Wildman–Crippen MR) is 175 cm³/mol. The summed E-state index contributed by atoms with van der Waals surface area (Å²) in [5.74, 6) is 0. The highest BCUT2D eigenvalue weighted by Gasteiger charge is 2.08. The summed E-state index contributed by atoms with van der Waals surface area (Å²) >= 11 is 0. The first-order valence-electron chi connectivity index (χ1n) is 15.0. The van der Waals surface area contributed by atoms with Crippen LogP contribution in [0.4, 0.5) is 11.4 Å². The highest BCUT2D eigenvalue weighted by molar-refractivity contribution is 5.43. The van der Waals surface area contributed by atoms with Crippen molar-refractivity contribution >= 4 is 11.4 Å². The van der Waals surface area contributed by atoms with E-state index in [9.17, 15) is 0 Å². The van der Waals surface area contributed by atoms with Crippen molar-refractivity contribution < 1.29 is 0 Å². The Balaban J connectivity index is 1.22. The second-order valence-electron chi connectivity index (χ2n) is 11.4. The smallest absolute Gasteiger partial charge is 0.0314 e. The summed E-state index contributed by atoms with van der Waals surface area (Å²) in [7, 11) is 0. The number of nitrogens with two attached hydrogens (primary N) is 2. The lowest BCUT2D eigenvalue weighted by Gasteiger charge is -2.13. The summed E-state index contributed by atoms with van der Waals surface area (Å²) < 4.78 is 0. The van der Waals surface area contributed by atoms with Crippen LogP contribution in [-0.2, 0) is 32.1 Å². The van der Waals surface area contributed by atoms with Crippen molar-refractivity contribution in [3.05, 3.63) is 165 Å². The summed E-state index contributed by atoms with van der Waals surface area (Å²) in [6.07, 6.45) is 8.70. The van der Waals surface area contributed by atoms with E-state index in [-0.39, 0.29) is 0 Å². The number of hydrogen-bond donors (Lipinski definition) is 2. The first-order valence-corrected chi connectivity index (χ1v) is 15.0. The van der Waals surface area contributed by atoms with Crippen LogP contribution >= 0.6 is 0 Å². The molecule has 0 saturated carbocycles. The van der Waals surface area contributed by atoms with Gasteiger partial charge < -0.3 is 11.5 Å². The lowest BCUT2D eigenvalue weighted by molar-refractivity contribution is 0.713. The average Bonchev–Trinajstić information content (AvgIpc) is 2.99. The molecule has 0 saturated heterocycles. The van der Waals surface area contributed by atoms with Gasteiger partial charge in [-0.1, -0.05) is 111 Å². The quantitative estimate of drug-likeness (QED) is 0.123. The Morgan fingerprint density at radius 1 is 0.390 bits per heavy atom. The molecular formula is C39H42N2. The van der Waals surface area contributed by atoms with Crippen molar-refractivity contribution in [2.45, 2.75) is 58.3 Å². The zero-order valence-corrected chi connectivity index (χ0v) is 24.3. The lowest BCUT2D eigenvalue weighted by atomic mass is 9.92. The van der Waals surface area contributed by atoms with Crippen LogP contribution in [0.15, 0.2) is 115 Å². The van der Waals surface area contributed by atoms with Gasteiger partial charge >= 0.3 is 0 Å². The highest BCUT2D eigenvalue weighted by Crippen LogP contribution is 2.22. The molecule has 4 N–H and O–H groups in total. The van der Waals surface area contributed by atoms with Gasteiger partial charge in [0.25, 0.3) is 0 Å². The molecule has 5 aromatic rings. The first-order chi connectivity index (χ1) is 20.0. The number of anilines is 2. The predicted octanol–water partition coefficient (Wildman–Crippen LogP) is 8.95. The van der Waals surface area contributed by atoms with Gasteiger partial charge in [-0.15, -0.1) is 0 Å². The van der Waals surface area contributed by atoms with Gasteiger partial charge in [0, 0.05) is 11.4 Å². The highest BCUT2D eigenvalue weighted by atomic mass is 14.5. The fraction of sp³-hybridized carbons (Fsp3) is 0.231. The van der Waals surface area contributed by atoms with Crippen LogP contribution in [0.3, 0.4) is 0 Å². The molecule has 0 bridgehead atoms. The summed E-state index contributed by atoms with van der Waals surface area (Å²) in [4.78, 5) is 0. The molecule has 0 amide bonds. The Kier molecular flexibility index (Phi) is 9.54. The molecule has 5 rings (SSSR count). The van der Waals surface area contributed by atoms with Gasteiger partial charge in [0.2, 0.25) is 0 Å². The molecule has 0 spiro atoms. The molecule has 0 aliphatic rings. The lowest BCUT2D eigenvalue weighted by Crippen LogP contribution is -2.00. The normalized spacial score (nSPS) is 11.0. The molecule has 0 fully saturated rings. The third-order valence-corrected chi connectivity index (χ3v) is 7.95. The van der Waals surface area contributed by atoms with Crippen LogP contribution in [0.25, 0.3) is 0 Å². The van der Waals surface area contributed by atoms with E-state index in [1.165, 1.54) is 69.3 Å². The molecule has 2 nitrogen and oxygen atoms in total. The molecule has 0 radical (unpaired) electrons. The maximum atomic E-state index is 5.88. The summed E-state index contributed by atoms with van der Waals surface area (Å²) in [5, 5.41) is 0. The summed E-state index contributed by atoms with van der Waals surface area (Å²) in [5.41, 5.74) is 25.6. The van der Waals surface area contributed by atoms with Gasteiger partial charge in [-0.25, -0.2) is 0 Å². The molecule has 0 heterocycles. The Bertz CT molecular complexity index is 1510. The van der Waals surface area contributed by atoms with E-state index in [4.69, 9.17) is 11.5 Å². The Labute approximate surface area is 246 Å². The van der Waals surface area contributed by atoms with E-state index in [1.807, 2.05) is 24.3 Å². The number of nitrogen functional groups attached to an aromatic ring is 2. The molecule has 0 aliphatic heterocycles. The SMILES string of the molecule is CCCCCc1cc(Cc2ccc(N)cc2)ccc1Cc1ccc(Cc2ccc(Cc3ccc(N)cc3)cc2)cc1. The molecule has 208 valence electrons. The van der Waals surface area contributed by atoms with Crippen molar-refractivity contribution in [3.63, 3.8) is 0 Å². The van der Waals surface area contributed by atoms with Crippen LogP contribution < -0.4 is 11.5 Å². The van der Waals surface area contributed by atoms with E-state index in [1.54, 1.807) is 0 Å². The minimum atomic E-state index is 0.811. The number of benzene rings is 5. The van der Waals surface area contributed by atoms with E-state index >= 15 is 0 Å². The Morgan fingerprint density at radius 2 is 0.756 bits per heavy atom. The zero-order valence-electron chi connectivity index (χ0n) is 24.3. The van der Waals surface area contributed by atoms with Crippen molar-refractivity contribution in [1.29, 1.82) is 0 Å². The Morgan fingerprint density at radius 3 is 1.20 bits per heavy atom. The molecule has 0 unspecified atom stereocenters. The van der Waals surface area contributed by atoms with E-state index in [0.717, 1.165) is 43.5 Å². The molecular weight excluding hydrogens is 496 g/mol. The van der Waals surface area contributed by atoms with Gasteiger partial charge in [0.15, 0.2) is 0 Å². The molecule has 2 heteroatoms. The van der Waals surface area contributed by atoms with Crippen LogP contribution in [-0.4, -0.2) is 0 Å². The van der Waals surface area contributed by atoms with Crippen molar-refractivity contribution in [2.24, 2.45) is 0 Å². The second-order valence-corrected chi connectivity index (χ2v) is 11.4. The second kappa shape index (κ2) is 13.9. The average molecular weight is 539 g/mol. The van der Waals surface area contributed by atoms with Gasteiger partial charge in [-0.2, -0.15) is 0 Å². The van der Waals surface area contributed by atoms with E-state index < -0.39 is 0 Å². The molecule has 41 heavy (non-hydrogen) atoms. The number of unbranched alkanes of at least 4 members (excludes halogenated alkanes) is 2. The molecule has 0 atom stereocenters. The minimum Gasteiger partial charge on any atom is -0.399 e. The zero-order chi connectivity index (χ0) is 28.4. The van der Waals surface area contributed by atoms with Crippen molar-refractivity contribution in [1.82, 2.24) is 0 Å². The van der Waals surface area contributed by atoms with Gasteiger partial charge in [-0.05, 0) is 113 Å². The standard InChI is InChI=1S/C39H42N2/c1-2-3-4-5-36-28-35(26-33-17-22-39(41)23-18-33)14-19-37(36)27-34-12-10-31(11-13-34)24-29-6-8-30(9-7-29)25-32-15-20-38(40)21-16-32/h6-23,28H,2-5,24-27,40-41H2,1H3. The summed E-state index contributed by atoms with van der Waals surface area (Å²) in [6, 6.07) is 41.7. The van der Waals surface area contributed by atoms with Crippen LogP contribution in [0.5, 0.6) is 0 Å². The van der Waals surface area contributed by atoms with Gasteiger partial charge in [0.1, 0.15) is 0 Å². The first kappa shape index (κ1) is 28.2. The van der Waals surface area contributed by atoms with Crippen LogP contribution in [0, 0.1) is 0 Å². The van der Waals surface area contributed by atoms with E-state index in [0.29, 0.717) is 0 Å². The largest absolute Gasteiger partial charge is 0.399 e. The monoisotopic (exact) mass is 538 g/mol. The Hall–Kier alpha value is -4.30. The summed E-state index contributed by atoms with van der Waals surface area (Å²) in [6.45, 7) is 2.27. The fourth-order valence-electron chi connectivity index (χ4n) is 5.51. The maximum Gasteiger partial charge on any atom is 0.0314 e. The minimum absolute atomic E-state index is 0.811. The molecule has 0 aliphatic carbocycles. The number of aryl methyl sites for hydroxylation is 1.